The zero-order valence-corrected chi connectivity index (χ0v) is 8.48. The quantitative estimate of drug-likeness (QED) is 0.604. The highest BCUT2D eigenvalue weighted by Gasteiger charge is 2.01. The van der Waals surface area contributed by atoms with Crippen LogP contribution < -0.4 is 4.74 Å². The Labute approximate surface area is 92.3 Å². The van der Waals surface area contributed by atoms with Crippen molar-refractivity contribution in [2.24, 2.45) is 0 Å². The highest BCUT2D eigenvalue weighted by Crippen LogP contribution is 2.08. The molecular formula is C10H14O6. The van der Waals surface area contributed by atoms with E-state index in [1.165, 1.54) is 0 Å². The molecule has 1 unspecified atom stereocenters. The van der Waals surface area contributed by atoms with Crippen molar-refractivity contribution >= 4 is 6.16 Å². The van der Waals surface area contributed by atoms with Crippen LogP contribution >= 0.6 is 0 Å². The van der Waals surface area contributed by atoms with Crippen LogP contribution in [-0.4, -0.2) is 45.9 Å². The highest BCUT2D eigenvalue weighted by molar-refractivity contribution is 5.53. The molecular weight excluding hydrogens is 216 g/mol. The van der Waals surface area contributed by atoms with Gasteiger partial charge >= 0.3 is 6.16 Å². The molecule has 0 fully saturated rings. The molecule has 0 saturated carbocycles. The second kappa shape index (κ2) is 8.51. The minimum absolute atomic E-state index is 0.126. The van der Waals surface area contributed by atoms with Crippen molar-refractivity contribution < 1.29 is 30.0 Å². The molecule has 6 nitrogen and oxygen atoms in total. The van der Waals surface area contributed by atoms with Gasteiger partial charge in [-0.05, 0) is 12.1 Å². The van der Waals surface area contributed by atoms with Gasteiger partial charge in [-0.1, -0.05) is 18.2 Å². The van der Waals surface area contributed by atoms with E-state index in [1.807, 2.05) is 18.2 Å². The van der Waals surface area contributed by atoms with Gasteiger partial charge in [0.25, 0.3) is 0 Å². The highest BCUT2D eigenvalue weighted by atomic mass is 16.6. The Kier molecular flexibility index (Phi) is 7.56. The molecule has 1 aromatic carbocycles. The van der Waals surface area contributed by atoms with Crippen molar-refractivity contribution in [3.8, 4) is 5.75 Å². The topological polar surface area (TPSA) is 107 Å². The number of hydrogen-bond donors (Lipinski definition) is 4. The maximum absolute atomic E-state index is 8.94. The Hall–Kier alpha value is -1.79. The van der Waals surface area contributed by atoms with Crippen molar-refractivity contribution in [3.05, 3.63) is 30.3 Å². The molecule has 0 spiro atoms. The lowest BCUT2D eigenvalue weighted by atomic mass is 10.3. The number of rotatable bonds is 4. The first kappa shape index (κ1) is 14.2. The van der Waals surface area contributed by atoms with E-state index >= 15 is 0 Å². The van der Waals surface area contributed by atoms with E-state index in [4.69, 9.17) is 30.0 Å². The molecule has 1 aromatic rings. The van der Waals surface area contributed by atoms with Gasteiger partial charge in [-0.3, -0.25) is 0 Å². The molecule has 0 amide bonds. The van der Waals surface area contributed by atoms with Crippen LogP contribution in [-0.2, 0) is 0 Å². The summed E-state index contributed by atoms with van der Waals surface area (Å²) in [5.74, 6) is 0.699. The van der Waals surface area contributed by atoms with Crippen LogP contribution in [0.25, 0.3) is 0 Å². The minimum atomic E-state index is -1.83. The lowest BCUT2D eigenvalue weighted by Gasteiger charge is -2.08. The normalized spacial score (nSPS) is 10.9. The predicted molar refractivity (Wildman–Crippen MR) is 55.7 cm³/mol. The molecule has 0 aromatic heterocycles. The molecule has 16 heavy (non-hydrogen) atoms. The van der Waals surface area contributed by atoms with Gasteiger partial charge in [0.1, 0.15) is 18.5 Å². The maximum atomic E-state index is 8.94. The van der Waals surface area contributed by atoms with Gasteiger partial charge in [0.15, 0.2) is 0 Å². The van der Waals surface area contributed by atoms with Crippen LogP contribution in [0.15, 0.2) is 30.3 Å². The van der Waals surface area contributed by atoms with Crippen LogP contribution in [0.2, 0.25) is 0 Å². The molecule has 0 aliphatic heterocycles. The molecule has 90 valence electrons. The zero-order valence-electron chi connectivity index (χ0n) is 8.48. The average molecular weight is 230 g/mol. The standard InChI is InChI=1S/C9H12O3.CH2O3/c10-6-8(11)7-12-9-4-2-1-3-5-9;2-1(3)4/h1-5,8,10-11H,6-7H2;(H2,2,3,4). The van der Waals surface area contributed by atoms with Crippen LogP contribution in [0.1, 0.15) is 0 Å². The van der Waals surface area contributed by atoms with E-state index in [0.717, 1.165) is 0 Å². The van der Waals surface area contributed by atoms with E-state index in [0.29, 0.717) is 5.75 Å². The second-order valence-electron chi connectivity index (χ2n) is 2.74. The van der Waals surface area contributed by atoms with Crippen LogP contribution in [0.4, 0.5) is 4.79 Å². The summed E-state index contributed by atoms with van der Waals surface area (Å²) in [5.41, 5.74) is 0. The number of ether oxygens (including phenoxy) is 1. The number of para-hydroxylation sites is 1. The first-order chi connectivity index (χ1) is 7.56. The molecule has 0 radical (unpaired) electrons. The molecule has 0 aliphatic rings. The molecule has 0 heterocycles. The third kappa shape index (κ3) is 8.79. The van der Waals surface area contributed by atoms with Gasteiger partial charge in [0.05, 0.1) is 6.61 Å². The van der Waals surface area contributed by atoms with Gasteiger partial charge < -0.3 is 25.2 Å². The fourth-order valence-electron chi connectivity index (χ4n) is 0.762. The molecule has 4 N–H and O–H groups in total. The first-order valence-electron chi connectivity index (χ1n) is 4.45. The van der Waals surface area contributed by atoms with E-state index in [-0.39, 0.29) is 13.2 Å². The summed E-state index contributed by atoms with van der Waals surface area (Å²) in [4.78, 5) is 8.56. The molecule has 0 aliphatic carbocycles. The lowest BCUT2D eigenvalue weighted by Crippen LogP contribution is -2.21. The zero-order chi connectivity index (χ0) is 12.4. The van der Waals surface area contributed by atoms with Crippen molar-refractivity contribution in [3.63, 3.8) is 0 Å². The van der Waals surface area contributed by atoms with Gasteiger partial charge in [-0.15, -0.1) is 0 Å². The number of carboxylic acid groups (broad SMARTS) is 2. The number of carbonyl (C=O) groups is 1. The number of aliphatic hydroxyl groups is 2. The molecule has 1 rings (SSSR count). The summed E-state index contributed by atoms with van der Waals surface area (Å²) in [7, 11) is 0. The van der Waals surface area contributed by atoms with Crippen LogP contribution in [0.3, 0.4) is 0 Å². The monoisotopic (exact) mass is 230 g/mol. The largest absolute Gasteiger partial charge is 0.503 e. The third-order valence-electron chi connectivity index (χ3n) is 1.40. The summed E-state index contributed by atoms with van der Waals surface area (Å²) in [6, 6.07) is 9.17. The lowest BCUT2D eigenvalue weighted by molar-refractivity contribution is 0.0536. The molecule has 1 atom stereocenters. The van der Waals surface area contributed by atoms with Gasteiger partial charge in [-0.25, -0.2) is 4.79 Å². The summed E-state index contributed by atoms with van der Waals surface area (Å²) in [6.45, 7) is -0.145. The van der Waals surface area contributed by atoms with E-state index in [2.05, 4.69) is 0 Å². The number of benzene rings is 1. The van der Waals surface area contributed by atoms with Crippen molar-refractivity contribution in [1.82, 2.24) is 0 Å². The number of aliphatic hydroxyl groups excluding tert-OH is 2. The Morgan fingerprint density at radius 1 is 1.25 bits per heavy atom. The van der Waals surface area contributed by atoms with E-state index < -0.39 is 12.3 Å². The first-order valence-corrected chi connectivity index (χ1v) is 4.45. The van der Waals surface area contributed by atoms with Crippen LogP contribution in [0.5, 0.6) is 5.75 Å². The van der Waals surface area contributed by atoms with Crippen molar-refractivity contribution in [1.29, 1.82) is 0 Å². The van der Waals surface area contributed by atoms with E-state index in [1.54, 1.807) is 12.1 Å². The summed E-state index contributed by atoms with van der Waals surface area (Å²) in [6.07, 6.45) is -2.63. The van der Waals surface area contributed by atoms with Gasteiger partial charge in [0, 0.05) is 0 Å². The Morgan fingerprint density at radius 3 is 2.19 bits per heavy atom. The van der Waals surface area contributed by atoms with Crippen molar-refractivity contribution in [2.75, 3.05) is 13.2 Å². The summed E-state index contributed by atoms with van der Waals surface area (Å²) in [5, 5.41) is 31.4. The Morgan fingerprint density at radius 2 is 1.75 bits per heavy atom. The third-order valence-corrected chi connectivity index (χ3v) is 1.40. The Bertz CT molecular complexity index is 283. The van der Waals surface area contributed by atoms with Gasteiger partial charge in [-0.2, -0.15) is 0 Å². The molecule has 0 saturated heterocycles. The van der Waals surface area contributed by atoms with E-state index in [9.17, 15) is 0 Å². The molecule has 6 heteroatoms. The Balaban J connectivity index is 0.000000487. The maximum Gasteiger partial charge on any atom is 0.503 e. The van der Waals surface area contributed by atoms with Gasteiger partial charge in [0.2, 0.25) is 0 Å². The smallest absolute Gasteiger partial charge is 0.491 e. The second-order valence-corrected chi connectivity index (χ2v) is 2.74. The number of hydrogen-bond acceptors (Lipinski definition) is 4. The fraction of sp³-hybridized carbons (Fsp3) is 0.300. The predicted octanol–water partition coefficient (Wildman–Crippen LogP) is 0.641. The average Bonchev–Trinajstić information content (AvgIpc) is 2.26. The van der Waals surface area contributed by atoms with Crippen molar-refractivity contribution in [2.45, 2.75) is 6.10 Å². The molecule has 0 bridgehead atoms. The minimum Gasteiger partial charge on any atom is -0.491 e. The SMILES string of the molecule is O=C(O)O.OCC(O)COc1ccccc1. The summed E-state index contributed by atoms with van der Waals surface area (Å²) >= 11 is 0. The fourth-order valence-corrected chi connectivity index (χ4v) is 0.762. The summed E-state index contributed by atoms with van der Waals surface area (Å²) < 4.78 is 5.15. The van der Waals surface area contributed by atoms with Crippen LogP contribution in [0, 0.1) is 0 Å².